The summed E-state index contributed by atoms with van der Waals surface area (Å²) >= 11 is 0. The minimum atomic E-state index is -0.247. The van der Waals surface area contributed by atoms with Crippen LogP contribution in [-0.2, 0) is 11.3 Å². The smallest absolute Gasteiger partial charge is 0.241 e. The minimum Gasteiger partial charge on any atom is -0.467 e. The number of piperazine rings is 1. The SMILES string of the molecule is CN1C(CN)C(=O)N(Cc2ccco2)CC1(C)C. The van der Waals surface area contributed by atoms with Gasteiger partial charge in [0, 0.05) is 18.6 Å². The molecule has 2 N–H and O–H groups in total. The first-order valence-electron chi connectivity index (χ1n) is 6.20. The van der Waals surface area contributed by atoms with Crippen molar-refractivity contribution in [2.45, 2.75) is 32.0 Å². The van der Waals surface area contributed by atoms with E-state index in [0.717, 1.165) is 5.76 Å². The fraction of sp³-hybridized carbons (Fsp3) is 0.615. The van der Waals surface area contributed by atoms with Gasteiger partial charge in [0.05, 0.1) is 12.8 Å². The summed E-state index contributed by atoms with van der Waals surface area (Å²) in [6.07, 6.45) is 1.63. The van der Waals surface area contributed by atoms with Crippen molar-refractivity contribution in [2.24, 2.45) is 5.73 Å². The molecule has 1 saturated heterocycles. The van der Waals surface area contributed by atoms with Gasteiger partial charge in [0.15, 0.2) is 0 Å². The number of carbonyl (C=O) groups is 1. The van der Waals surface area contributed by atoms with Crippen molar-refractivity contribution >= 4 is 5.91 Å². The van der Waals surface area contributed by atoms with Crippen LogP contribution < -0.4 is 5.73 Å². The van der Waals surface area contributed by atoms with E-state index >= 15 is 0 Å². The topological polar surface area (TPSA) is 62.7 Å². The van der Waals surface area contributed by atoms with Crippen LogP contribution in [-0.4, -0.2) is 47.4 Å². The molecule has 1 aromatic rings. The minimum absolute atomic E-state index is 0.0788. The number of hydrogen-bond donors (Lipinski definition) is 1. The zero-order chi connectivity index (χ0) is 13.3. The molecule has 2 rings (SSSR count). The maximum atomic E-state index is 12.3. The van der Waals surface area contributed by atoms with Crippen molar-refractivity contribution in [3.63, 3.8) is 0 Å². The molecule has 18 heavy (non-hydrogen) atoms. The van der Waals surface area contributed by atoms with E-state index in [2.05, 4.69) is 18.7 Å². The highest BCUT2D eigenvalue weighted by Crippen LogP contribution is 2.25. The normalized spacial score (nSPS) is 24.6. The third kappa shape index (κ3) is 2.28. The molecule has 2 heterocycles. The van der Waals surface area contributed by atoms with E-state index in [4.69, 9.17) is 10.2 Å². The zero-order valence-corrected chi connectivity index (χ0v) is 11.2. The van der Waals surface area contributed by atoms with Crippen molar-refractivity contribution in [3.05, 3.63) is 24.2 Å². The molecule has 0 spiro atoms. The van der Waals surface area contributed by atoms with Gasteiger partial charge in [0.1, 0.15) is 11.8 Å². The summed E-state index contributed by atoms with van der Waals surface area (Å²) in [5, 5.41) is 0. The largest absolute Gasteiger partial charge is 0.467 e. The lowest BCUT2D eigenvalue weighted by molar-refractivity contribution is -0.148. The zero-order valence-electron chi connectivity index (χ0n) is 11.2. The maximum absolute atomic E-state index is 12.3. The lowest BCUT2D eigenvalue weighted by Crippen LogP contribution is -2.66. The number of carbonyl (C=O) groups excluding carboxylic acids is 1. The molecule has 1 fully saturated rings. The van der Waals surface area contributed by atoms with Gasteiger partial charge in [-0.2, -0.15) is 0 Å². The van der Waals surface area contributed by atoms with Crippen molar-refractivity contribution in [1.29, 1.82) is 0 Å². The molecule has 1 amide bonds. The highest BCUT2D eigenvalue weighted by Gasteiger charge is 2.42. The van der Waals surface area contributed by atoms with E-state index in [0.29, 0.717) is 19.6 Å². The third-order valence-electron chi connectivity index (χ3n) is 3.75. The van der Waals surface area contributed by atoms with Crippen LogP contribution in [0.1, 0.15) is 19.6 Å². The van der Waals surface area contributed by atoms with Crippen LogP contribution in [0.25, 0.3) is 0 Å². The number of amides is 1. The molecular weight excluding hydrogens is 230 g/mol. The number of furan rings is 1. The van der Waals surface area contributed by atoms with Gasteiger partial charge in [0.2, 0.25) is 5.91 Å². The van der Waals surface area contributed by atoms with E-state index in [-0.39, 0.29) is 17.5 Å². The Labute approximate surface area is 108 Å². The van der Waals surface area contributed by atoms with E-state index in [1.807, 2.05) is 24.1 Å². The fourth-order valence-corrected chi connectivity index (χ4v) is 2.44. The van der Waals surface area contributed by atoms with Gasteiger partial charge in [0.25, 0.3) is 0 Å². The molecule has 1 atom stereocenters. The summed E-state index contributed by atoms with van der Waals surface area (Å²) in [5.74, 6) is 0.884. The Balaban J connectivity index is 2.18. The molecular formula is C13H21N3O2. The Morgan fingerprint density at radius 3 is 2.83 bits per heavy atom. The van der Waals surface area contributed by atoms with E-state index in [1.54, 1.807) is 6.26 Å². The van der Waals surface area contributed by atoms with Gasteiger partial charge >= 0.3 is 0 Å². The van der Waals surface area contributed by atoms with Gasteiger partial charge in [-0.3, -0.25) is 9.69 Å². The second-order valence-corrected chi connectivity index (χ2v) is 5.45. The Kier molecular flexibility index (Phi) is 3.45. The summed E-state index contributed by atoms with van der Waals surface area (Å²) in [6, 6.07) is 3.47. The van der Waals surface area contributed by atoms with E-state index in [9.17, 15) is 4.79 Å². The van der Waals surface area contributed by atoms with Crippen LogP contribution in [0.3, 0.4) is 0 Å². The van der Waals surface area contributed by atoms with Gasteiger partial charge in [-0.15, -0.1) is 0 Å². The standard InChI is InChI=1S/C13H21N3O2/c1-13(2)9-16(8-10-5-4-6-18-10)12(17)11(7-14)15(13)3/h4-6,11H,7-9,14H2,1-3H3. The summed E-state index contributed by atoms with van der Waals surface area (Å²) in [7, 11) is 1.96. The predicted molar refractivity (Wildman–Crippen MR) is 68.8 cm³/mol. The molecule has 1 aliphatic rings. The molecule has 100 valence electrons. The molecule has 1 aromatic heterocycles. The Bertz CT molecular complexity index is 414. The first-order valence-corrected chi connectivity index (χ1v) is 6.20. The summed E-state index contributed by atoms with van der Waals surface area (Å²) in [5.41, 5.74) is 5.65. The van der Waals surface area contributed by atoms with Gasteiger partial charge in [-0.1, -0.05) is 0 Å². The summed E-state index contributed by atoms with van der Waals surface area (Å²) in [4.78, 5) is 16.2. The van der Waals surface area contributed by atoms with Crippen molar-refractivity contribution in [3.8, 4) is 0 Å². The lowest BCUT2D eigenvalue weighted by Gasteiger charge is -2.49. The molecule has 5 nitrogen and oxygen atoms in total. The first-order chi connectivity index (χ1) is 8.45. The number of rotatable bonds is 3. The molecule has 1 unspecified atom stereocenters. The second-order valence-electron chi connectivity index (χ2n) is 5.45. The Morgan fingerprint density at radius 2 is 2.28 bits per heavy atom. The number of hydrogen-bond acceptors (Lipinski definition) is 4. The van der Waals surface area contributed by atoms with Crippen molar-refractivity contribution in [1.82, 2.24) is 9.80 Å². The lowest BCUT2D eigenvalue weighted by atomic mass is 9.95. The first kappa shape index (κ1) is 13.1. The van der Waals surface area contributed by atoms with Crippen LogP contribution in [0, 0.1) is 0 Å². The summed E-state index contributed by atoms with van der Waals surface area (Å²) < 4.78 is 5.31. The van der Waals surface area contributed by atoms with Crippen LogP contribution in [0.4, 0.5) is 0 Å². The van der Waals surface area contributed by atoms with Crippen LogP contribution in [0.2, 0.25) is 0 Å². The van der Waals surface area contributed by atoms with Gasteiger partial charge < -0.3 is 15.1 Å². The molecule has 5 heteroatoms. The number of likely N-dealkylation sites (N-methyl/N-ethyl adjacent to an activating group) is 1. The van der Waals surface area contributed by atoms with Crippen LogP contribution in [0.15, 0.2) is 22.8 Å². The highest BCUT2D eigenvalue weighted by molar-refractivity contribution is 5.83. The molecule has 0 aliphatic carbocycles. The number of nitrogens with two attached hydrogens (primary N) is 1. The Morgan fingerprint density at radius 1 is 1.56 bits per heavy atom. The highest BCUT2D eigenvalue weighted by atomic mass is 16.3. The third-order valence-corrected chi connectivity index (χ3v) is 3.75. The van der Waals surface area contributed by atoms with Crippen molar-refractivity contribution in [2.75, 3.05) is 20.1 Å². The maximum Gasteiger partial charge on any atom is 0.241 e. The van der Waals surface area contributed by atoms with Crippen LogP contribution in [0.5, 0.6) is 0 Å². The molecule has 0 radical (unpaired) electrons. The average molecular weight is 251 g/mol. The molecule has 0 bridgehead atoms. The van der Waals surface area contributed by atoms with Gasteiger partial charge in [-0.05, 0) is 33.0 Å². The second kappa shape index (κ2) is 4.74. The quantitative estimate of drug-likeness (QED) is 0.857. The monoisotopic (exact) mass is 251 g/mol. The van der Waals surface area contributed by atoms with Crippen LogP contribution >= 0.6 is 0 Å². The van der Waals surface area contributed by atoms with Crippen molar-refractivity contribution < 1.29 is 9.21 Å². The van der Waals surface area contributed by atoms with Gasteiger partial charge in [-0.25, -0.2) is 0 Å². The Hall–Kier alpha value is -1.33. The molecule has 0 saturated carbocycles. The van der Waals surface area contributed by atoms with E-state index in [1.165, 1.54) is 0 Å². The average Bonchev–Trinajstić information content (AvgIpc) is 2.79. The number of nitrogens with zero attached hydrogens (tertiary/aromatic N) is 2. The fourth-order valence-electron chi connectivity index (χ4n) is 2.44. The molecule has 1 aliphatic heterocycles. The molecule has 0 aromatic carbocycles. The predicted octanol–water partition coefficient (Wildman–Crippen LogP) is 0.660. The summed E-state index contributed by atoms with van der Waals surface area (Å²) in [6.45, 7) is 5.78. The van der Waals surface area contributed by atoms with E-state index < -0.39 is 0 Å².